The van der Waals surface area contributed by atoms with Crippen LogP contribution in [-0.4, -0.2) is 29.6 Å². The van der Waals surface area contributed by atoms with Crippen molar-refractivity contribution in [1.29, 1.82) is 0 Å². The van der Waals surface area contributed by atoms with Crippen molar-refractivity contribution in [2.75, 3.05) is 18.5 Å². The Labute approximate surface area is 101 Å². The molecule has 0 aliphatic carbocycles. The minimum absolute atomic E-state index is 0.373. The van der Waals surface area contributed by atoms with E-state index in [2.05, 4.69) is 34.9 Å². The van der Waals surface area contributed by atoms with Crippen molar-refractivity contribution in [1.82, 2.24) is 9.97 Å². The van der Waals surface area contributed by atoms with Gasteiger partial charge in [-0.2, -0.15) is 0 Å². The molecule has 2 aromatic rings. The number of anilines is 1. The number of rotatable bonds is 4. The summed E-state index contributed by atoms with van der Waals surface area (Å²) < 4.78 is 0. The molecule has 0 spiro atoms. The molecule has 0 saturated heterocycles. The van der Waals surface area contributed by atoms with Crippen molar-refractivity contribution in [3.63, 3.8) is 0 Å². The lowest BCUT2D eigenvalue weighted by Gasteiger charge is -2.26. The number of nitrogens with two attached hydrogens (primary N) is 1. The summed E-state index contributed by atoms with van der Waals surface area (Å²) in [7, 11) is 2.05. The molecule has 4 heteroatoms. The Morgan fingerprint density at radius 1 is 1.29 bits per heavy atom. The summed E-state index contributed by atoms with van der Waals surface area (Å²) in [6.45, 7) is 2.85. The van der Waals surface area contributed by atoms with Crippen molar-refractivity contribution in [3.05, 3.63) is 30.6 Å². The summed E-state index contributed by atoms with van der Waals surface area (Å²) >= 11 is 0. The standard InChI is InChI=1S/C13H18N4/c1-10(7-8-14)17(2)13-11-5-3-4-6-12(11)15-9-16-13/h3-6,9-10H,7-8,14H2,1-2H3. The van der Waals surface area contributed by atoms with Gasteiger partial charge in [-0.15, -0.1) is 0 Å². The quantitative estimate of drug-likeness (QED) is 0.870. The topological polar surface area (TPSA) is 55.0 Å². The molecular weight excluding hydrogens is 212 g/mol. The minimum Gasteiger partial charge on any atom is -0.356 e. The molecule has 2 N–H and O–H groups in total. The molecule has 2 rings (SSSR count). The molecule has 0 aliphatic rings. The van der Waals surface area contributed by atoms with Gasteiger partial charge in [-0.25, -0.2) is 9.97 Å². The van der Waals surface area contributed by atoms with Gasteiger partial charge in [-0.3, -0.25) is 0 Å². The summed E-state index contributed by atoms with van der Waals surface area (Å²) in [6.07, 6.45) is 2.57. The van der Waals surface area contributed by atoms with Gasteiger partial charge in [0.2, 0.25) is 0 Å². The second-order valence-corrected chi connectivity index (χ2v) is 4.25. The van der Waals surface area contributed by atoms with Crippen LogP contribution in [0.2, 0.25) is 0 Å². The van der Waals surface area contributed by atoms with Crippen molar-refractivity contribution in [2.45, 2.75) is 19.4 Å². The molecule has 1 heterocycles. The first-order valence-corrected chi connectivity index (χ1v) is 5.86. The average molecular weight is 230 g/mol. The molecule has 4 nitrogen and oxygen atoms in total. The third-order valence-electron chi connectivity index (χ3n) is 3.10. The van der Waals surface area contributed by atoms with Gasteiger partial charge in [0.25, 0.3) is 0 Å². The fraction of sp³-hybridized carbons (Fsp3) is 0.385. The Bertz CT molecular complexity index is 492. The van der Waals surface area contributed by atoms with Gasteiger partial charge in [0.05, 0.1) is 5.52 Å². The molecule has 1 aromatic heterocycles. The third kappa shape index (κ3) is 2.36. The van der Waals surface area contributed by atoms with E-state index < -0.39 is 0 Å². The third-order valence-corrected chi connectivity index (χ3v) is 3.10. The molecule has 0 saturated carbocycles. The van der Waals surface area contributed by atoms with Gasteiger partial charge in [-0.1, -0.05) is 12.1 Å². The van der Waals surface area contributed by atoms with Crippen LogP contribution in [0.3, 0.4) is 0 Å². The number of fused-ring (bicyclic) bond motifs is 1. The van der Waals surface area contributed by atoms with E-state index in [0.29, 0.717) is 12.6 Å². The number of hydrogen-bond donors (Lipinski definition) is 1. The summed E-state index contributed by atoms with van der Waals surface area (Å²) in [4.78, 5) is 10.8. The summed E-state index contributed by atoms with van der Waals surface area (Å²) in [5.41, 5.74) is 6.57. The Morgan fingerprint density at radius 3 is 2.82 bits per heavy atom. The van der Waals surface area contributed by atoms with Crippen molar-refractivity contribution in [2.24, 2.45) is 5.73 Å². The Morgan fingerprint density at radius 2 is 2.06 bits per heavy atom. The van der Waals surface area contributed by atoms with Crippen LogP contribution >= 0.6 is 0 Å². The lowest BCUT2D eigenvalue weighted by atomic mass is 10.2. The van der Waals surface area contributed by atoms with Crippen LogP contribution in [0.15, 0.2) is 30.6 Å². The first-order chi connectivity index (χ1) is 8.24. The maximum atomic E-state index is 5.60. The predicted molar refractivity (Wildman–Crippen MR) is 71.1 cm³/mol. The van der Waals surface area contributed by atoms with E-state index >= 15 is 0 Å². The monoisotopic (exact) mass is 230 g/mol. The highest BCUT2D eigenvalue weighted by atomic mass is 15.2. The maximum absolute atomic E-state index is 5.60. The number of hydrogen-bond acceptors (Lipinski definition) is 4. The van der Waals surface area contributed by atoms with E-state index in [1.54, 1.807) is 6.33 Å². The molecule has 90 valence electrons. The maximum Gasteiger partial charge on any atom is 0.139 e. The first-order valence-electron chi connectivity index (χ1n) is 5.86. The zero-order valence-electron chi connectivity index (χ0n) is 10.3. The zero-order valence-corrected chi connectivity index (χ0v) is 10.3. The number of aromatic nitrogens is 2. The molecule has 1 aromatic carbocycles. The molecular formula is C13H18N4. The summed E-state index contributed by atoms with van der Waals surface area (Å²) in [6, 6.07) is 8.43. The predicted octanol–water partition coefficient (Wildman–Crippen LogP) is 1.80. The molecule has 1 unspecified atom stereocenters. The van der Waals surface area contributed by atoms with Crippen molar-refractivity contribution < 1.29 is 0 Å². The van der Waals surface area contributed by atoms with Gasteiger partial charge in [-0.05, 0) is 32.0 Å². The summed E-state index contributed by atoms with van der Waals surface area (Å²) in [5, 5.41) is 1.08. The molecule has 0 aliphatic heterocycles. The summed E-state index contributed by atoms with van der Waals surface area (Å²) in [5.74, 6) is 0.969. The molecule has 1 atom stereocenters. The lowest BCUT2D eigenvalue weighted by molar-refractivity contribution is 0.631. The number of para-hydroxylation sites is 1. The van der Waals surface area contributed by atoms with Crippen LogP contribution in [0.25, 0.3) is 10.9 Å². The average Bonchev–Trinajstić information content (AvgIpc) is 2.37. The van der Waals surface area contributed by atoms with Gasteiger partial charge in [0, 0.05) is 18.5 Å². The van der Waals surface area contributed by atoms with Crippen LogP contribution in [0.1, 0.15) is 13.3 Å². The number of nitrogens with zero attached hydrogens (tertiary/aromatic N) is 3. The van der Waals surface area contributed by atoms with Crippen molar-refractivity contribution >= 4 is 16.7 Å². The normalized spacial score (nSPS) is 12.6. The van der Waals surface area contributed by atoms with Crippen LogP contribution in [0, 0.1) is 0 Å². The van der Waals surface area contributed by atoms with Crippen LogP contribution in [-0.2, 0) is 0 Å². The molecule has 0 radical (unpaired) electrons. The fourth-order valence-electron chi connectivity index (χ4n) is 1.92. The van der Waals surface area contributed by atoms with Gasteiger partial charge in [0.15, 0.2) is 0 Å². The van der Waals surface area contributed by atoms with E-state index in [9.17, 15) is 0 Å². The Hall–Kier alpha value is -1.68. The van der Waals surface area contributed by atoms with Crippen molar-refractivity contribution in [3.8, 4) is 0 Å². The second-order valence-electron chi connectivity index (χ2n) is 4.25. The molecule has 0 amide bonds. The van der Waals surface area contributed by atoms with Crippen LogP contribution < -0.4 is 10.6 Å². The highest BCUT2D eigenvalue weighted by Gasteiger charge is 2.13. The van der Waals surface area contributed by atoms with E-state index in [0.717, 1.165) is 23.1 Å². The van der Waals surface area contributed by atoms with Gasteiger partial charge < -0.3 is 10.6 Å². The van der Waals surface area contributed by atoms with Gasteiger partial charge >= 0.3 is 0 Å². The SMILES string of the molecule is CC(CCN)N(C)c1ncnc2ccccc12. The van der Waals surface area contributed by atoms with E-state index in [1.807, 2.05) is 18.2 Å². The highest BCUT2D eigenvalue weighted by molar-refractivity contribution is 5.89. The fourth-order valence-corrected chi connectivity index (χ4v) is 1.92. The van der Waals surface area contributed by atoms with Crippen LogP contribution in [0.5, 0.6) is 0 Å². The largest absolute Gasteiger partial charge is 0.356 e. The molecule has 0 fully saturated rings. The first kappa shape index (κ1) is 11.8. The lowest BCUT2D eigenvalue weighted by Crippen LogP contribution is -2.31. The molecule has 0 bridgehead atoms. The van der Waals surface area contributed by atoms with Crippen LogP contribution in [0.4, 0.5) is 5.82 Å². The highest BCUT2D eigenvalue weighted by Crippen LogP contribution is 2.23. The van der Waals surface area contributed by atoms with E-state index in [-0.39, 0.29) is 0 Å². The van der Waals surface area contributed by atoms with E-state index in [4.69, 9.17) is 5.73 Å². The Kier molecular flexibility index (Phi) is 3.54. The number of benzene rings is 1. The van der Waals surface area contributed by atoms with Gasteiger partial charge in [0.1, 0.15) is 12.1 Å². The second kappa shape index (κ2) is 5.10. The molecule has 17 heavy (non-hydrogen) atoms. The Balaban J connectivity index is 2.41. The zero-order chi connectivity index (χ0) is 12.3. The van der Waals surface area contributed by atoms with E-state index in [1.165, 1.54) is 0 Å². The minimum atomic E-state index is 0.373. The smallest absolute Gasteiger partial charge is 0.139 e.